The van der Waals surface area contributed by atoms with Crippen molar-refractivity contribution in [2.75, 3.05) is 25.0 Å². The van der Waals surface area contributed by atoms with Gasteiger partial charge in [-0.2, -0.15) is 0 Å². The number of hydrogen-bond acceptors (Lipinski definition) is 7. The van der Waals surface area contributed by atoms with Crippen LogP contribution in [0.4, 0.5) is 17.3 Å². The van der Waals surface area contributed by atoms with Crippen molar-refractivity contribution in [2.45, 2.75) is 6.92 Å². The standard InChI is InChI=1S/C13H17N5O2/c1-8-12(15-7-16-13(8)18-14)17-9-4-5-10(19-2)11(6-9)20-3/h4-7H,14H2,1-3H3,(H2,15,16,17,18). The molecule has 0 unspecified atom stereocenters. The highest BCUT2D eigenvalue weighted by Gasteiger charge is 2.08. The second-order valence-corrected chi connectivity index (χ2v) is 4.03. The zero-order valence-corrected chi connectivity index (χ0v) is 11.6. The van der Waals surface area contributed by atoms with E-state index in [1.54, 1.807) is 14.2 Å². The SMILES string of the molecule is COc1ccc(Nc2ncnc(NN)c2C)cc1OC. The van der Waals surface area contributed by atoms with Gasteiger partial charge in [0.05, 0.1) is 14.2 Å². The first-order valence-corrected chi connectivity index (χ1v) is 5.97. The van der Waals surface area contributed by atoms with Gasteiger partial charge in [-0.3, -0.25) is 0 Å². The van der Waals surface area contributed by atoms with E-state index in [-0.39, 0.29) is 0 Å². The highest BCUT2D eigenvalue weighted by molar-refractivity contribution is 5.66. The summed E-state index contributed by atoms with van der Waals surface area (Å²) in [5.41, 5.74) is 4.18. The van der Waals surface area contributed by atoms with Crippen LogP contribution < -0.4 is 26.1 Å². The van der Waals surface area contributed by atoms with Gasteiger partial charge in [-0.05, 0) is 19.1 Å². The average Bonchev–Trinajstić information content (AvgIpc) is 2.49. The maximum atomic E-state index is 5.39. The molecule has 0 aliphatic rings. The summed E-state index contributed by atoms with van der Waals surface area (Å²) in [6, 6.07) is 5.52. The van der Waals surface area contributed by atoms with Crippen LogP contribution in [0.25, 0.3) is 0 Å². The van der Waals surface area contributed by atoms with E-state index in [0.717, 1.165) is 11.3 Å². The van der Waals surface area contributed by atoms with Gasteiger partial charge in [0.1, 0.15) is 18.0 Å². The number of ether oxygens (including phenoxy) is 2. The maximum Gasteiger partial charge on any atom is 0.162 e. The number of benzene rings is 1. The number of anilines is 3. The van der Waals surface area contributed by atoms with Crippen LogP contribution >= 0.6 is 0 Å². The van der Waals surface area contributed by atoms with Crippen LogP contribution in [0.1, 0.15) is 5.56 Å². The number of aromatic nitrogens is 2. The van der Waals surface area contributed by atoms with Gasteiger partial charge in [0, 0.05) is 17.3 Å². The van der Waals surface area contributed by atoms with E-state index in [4.69, 9.17) is 15.3 Å². The van der Waals surface area contributed by atoms with Crippen LogP contribution in [0.2, 0.25) is 0 Å². The molecule has 20 heavy (non-hydrogen) atoms. The van der Waals surface area contributed by atoms with E-state index >= 15 is 0 Å². The first-order valence-electron chi connectivity index (χ1n) is 5.97. The van der Waals surface area contributed by atoms with Crippen molar-refractivity contribution in [2.24, 2.45) is 5.84 Å². The Labute approximate surface area is 117 Å². The van der Waals surface area contributed by atoms with E-state index in [1.807, 2.05) is 25.1 Å². The van der Waals surface area contributed by atoms with Crippen LogP contribution in [0.3, 0.4) is 0 Å². The van der Waals surface area contributed by atoms with E-state index in [1.165, 1.54) is 6.33 Å². The Hall–Kier alpha value is -2.54. The molecule has 0 aliphatic carbocycles. The quantitative estimate of drug-likeness (QED) is 0.566. The predicted octanol–water partition coefficient (Wildman–Crippen LogP) is 1.83. The van der Waals surface area contributed by atoms with Gasteiger partial charge >= 0.3 is 0 Å². The van der Waals surface area contributed by atoms with Crippen LogP contribution in [-0.2, 0) is 0 Å². The van der Waals surface area contributed by atoms with Crippen LogP contribution in [0, 0.1) is 6.92 Å². The third kappa shape index (κ3) is 2.72. The minimum absolute atomic E-state index is 0.572. The van der Waals surface area contributed by atoms with Crippen molar-refractivity contribution in [3.8, 4) is 11.5 Å². The fourth-order valence-corrected chi connectivity index (χ4v) is 1.77. The van der Waals surface area contributed by atoms with Gasteiger partial charge in [-0.1, -0.05) is 0 Å². The van der Waals surface area contributed by atoms with Gasteiger partial charge in [0.25, 0.3) is 0 Å². The lowest BCUT2D eigenvalue weighted by Crippen LogP contribution is -2.11. The number of hydrazine groups is 1. The molecule has 1 heterocycles. The summed E-state index contributed by atoms with van der Waals surface area (Å²) in [6.07, 6.45) is 1.44. The summed E-state index contributed by atoms with van der Waals surface area (Å²) in [7, 11) is 3.19. The lowest BCUT2D eigenvalue weighted by molar-refractivity contribution is 0.355. The summed E-state index contributed by atoms with van der Waals surface area (Å²) in [6.45, 7) is 1.87. The number of nitrogens with two attached hydrogens (primary N) is 1. The zero-order chi connectivity index (χ0) is 14.5. The predicted molar refractivity (Wildman–Crippen MR) is 77.4 cm³/mol. The van der Waals surface area contributed by atoms with Crippen molar-refractivity contribution < 1.29 is 9.47 Å². The van der Waals surface area contributed by atoms with Crippen molar-refractivity contribution in [1.29, 1.82) is 0 Å². The molecule has 1 aromatic carbocycles. The molecule has 0 spiro atoms. The molecule has 106 valence electrons. The summed E-state index contributed by atoms with van der Waals surface area (Å²) in [4.78, 5) is 8.22. The molecular weight excluding hydrogens is 258 g/mol. The van der Waals surface area contributed by atoms with Crippen molar-refractivity contribution in [1.82, 2.24) is 9.97 Å². The number of nitrogens with one attached hydrogen (secondary N) is 2. The maximum absolute atomic E-state index is 5.39. The highest BCUT2D eigenvalue weighted by atomic mass is 16.5. The van der Waals surface area contributed by atoms with E-state index < -0.39 is 0 Å². The second-order valence-electron chi connectivity index (χ2n) is 4.03. The minimum Gasteiger partial charge on any atom is -0.493 e. The molecule has 0 aliphatic heterocycles. The molecule has 7 nitrogen and oxygen atoms in total. The third-order valence-electron chi connectivity index (χ3n) is 2.87. The monoisotopic (exact) mass is 275 g/mol. The van der Waals surface area contributed by atoms with Crippen molar-refractivity contribution >= 4 is 17.3 Å². The van der Waals surface area contributed by atoms with E-state index in [9.17, 15) is 0 Å². The molecule has 0 atom stereocenters. The van der Waals surface area contributed by atoms with Crippen molar-refractivity contribution in [3.63, 3.8) is 0 Å². The number of nitrogen functional groups attached to an aromatic ring is 1. The van der Waals surface area contributed by atoms with Gasteiger partial charge in [-0.25, -0.2) is 15.8 Å². The Kier molecular flexibility index (Phi) is 4.21. The molecule has 2 aromatic rings. The van der Waals surface area contributed by atoms with E-state index in [2.05, 4.69) is 20.7 Å². The topological polar surface area (TPSA) is 94.3 Å². The smallest absolute Gasteiger partial charge is 0.162 e. The number of methoxy groups -OCH3 is 2. The Bertz CT molecular complexity index is 603. The number of nitrogens with zero attached hydrogens (tertiary/aromatic N) is 2. The number of rotatable bonds is 5. The summed E-state index contributed by atoms with van der Waals surface area (Å²) in [5, 5.41) is 3.19. The van der Waals surface area contributed by atoms with Crippen LogP contribution in [0.15, 0.2) is 24.5 Å². The third-order valence-corrected chi connectivity index (χ3v) is 2.87. The van der Waals surface area contributed by atoms with Crippen LogP contribution in [0.5, 0.6) is 11.5 Å². The van der Waals surface area contributed by atoms with Gasteiger partial charge in [-0.15, -0.1) is 0 Å². The summed E-state index contributed by atoms with van der Waals surface area (Å²) < 4.78 is 10.5. The minimum atomic E-state index is 0.572. The summed E-state index contributed by atoms with van der Waals surface area (Å²) >= 11 is 0. The molecule has 0 saturated carbocycles. The molecule has 0 radical (unpaired) electrons. The fourth-order valence-electron chi connectivity index (χ4n) is 1.77. The fraction of sp³-hybridized carbons (Fsp3) is 0.231. The summed E-state index contributed by atoms with van der Waals surface area (Å²) in [5.74, 6) is 7.94. The Morgan fingerprint density at radius 1 is 1.05 bits per heavy atom. The molecule has 0 fully saturated rings. The molecule has 1 aromatic heterocycles. The van der Waals surface area contributed by atoms with Gasteiger partial charge in [0.2, 0.25) is 0 Å². The zero-order valence-electron chi connectivity index (χ0n) is 11.6. The molecule has 4 N–H and O–H groups in total. The Morgan fingerprint density at radius 3 is 2.40 bits per heavy atom. The molecule has 7 heteroatoms. The second kappa shape index (κ2) is 6.07. The van der Waals surface area contributed by atoms with Gasteiger partial charge < -0.3 is 20.2 Å². The number of hydrogen-bond donors (Lipinski definition) is 3. The normalized spacial score (nSPS) is 10.0. The Balaban J connectivity index is 2.30. The first-order chi connectivity index (χ1) is 9.69. The molecule has 0 bridgehead atoms. The largest absolute Gasteiger partial charge is 0.493 e. The molecule has 2 rings (SSSR count). The highest BCUT2D eigenvalue weighted by Crippen LogP contribution is 2.31. The Morgan fingerprint density at radius 2 is 1.75 bits per heavy atom. The molecule has 0 amide bonds. The van der Waals surface area contributed by atoms with Crippen molar-refractivity contribution in [3.05, 3.63) is 30.1 Å². The lowest BCUT2D eigenvalue weighted by atomic mass is 10.2. The van der Waals surface area contributed by atoms with E-state index in [0.29, 0.717) is 23.1 Å². The molecular formula is C13H17N5O2. The van der Waals surface area contributed by atoms with Crippen LogP contribution in [-0.4, -0.2) is 24.2 Å². The van der Waals surface area contributed by atoms with Gasteiger partial charge in [0.15, 0.2) is 11.5 Å². The lowest BCUT2D eigenvalue weighted by Gasteiger charge is -2.13. The molecule has 0 saturated heterocycles. The average molecular weight is 275 g/mol. The first kappa shape index (κ1) is 13.9.